The average molecular weight is 299 g/mol. The fourth-order valence-corrected chi connectivity index (χ4v) is 2.33. The van der Waals surface area contributed by atoms with Crippen LogP contribution in [0.4, 0.5) is 0 Å². The summed E-state index contributed by atoms with van der Waals surface area (Å²) in [5.74, 6) is 0.600. The Labute approximate surface area is 127 Å². The van der Waals surface area contributed by atoms with Crippen molar-refractivity contribution in [2.75, 3.05) is 59.3 Å². The molecule has 1 aliphatic rings. The SMILES string of the molecule is CC1C=CC=C(CN(CCOCCO)CCOCCO)C1. The molecule has 5 nitrogen and oxygen atoms in total. The summed E-state index contributed by atoms with van der Waals surface area (Å²) < 4.78 is 10.7. The lowest BCUT2D eigenvalue weighted by atomic mass is 9.96. The topological polar surface area (TPSA) is 62.2 Å². The normalized spacial score (nSPS) is 18.3. The molecule has 1 rings (SSSR count). The van der Waals surface area contributed by atoms with E-state index in [2.05, 4.69) is 30.1 Å². The van der Waals surface area contributed by atoms with Gasteiger partial charge in [0, 0.05) is 19.6 Å². The highest BCUT2D eigenvalue weighted by atomic mass is 16.5. The molecule has 0 aliphatic heterocycles. The Morgan fingerprint density at radius 3 is 2.24 bits per heavy atom. The molecule has 0 radical (unpaired) electrons. The summed E-state index contributed by atoms with van der Waals surface area (Å²) >= 11 is 0. The maximum absolute atomic E-state index is 8.72. The Kier molecular flexibility index (Phi) is 10.4. The van der Waals surface area contributed by atoms with Crippen LogP contribution in [-0.4, -0.2) is 74.4 Å². The molecule has 0 heterocycles. The molecular formula is C16H29NO4. The summed E-state index contributed by atoms with van der Waals surface area (Å²) in [5.41, 5.74) is 1.43. The van der Waals surface area contributed by atoms with E-state index in [0.717, 1.165) is 26.1 Å². The monoisotopic (exact) mass is 299 g/mol. The zero-order valence-corrected chi connectivity index (χ0v) is 13.0. The molecule has 122 valence electrons. The Morgan fingerprint density at radius 2 is 1.71 bits per heavy atom. The van der Waals surface area contributed by atoms with Gasteiger partial charge in [-0.05, 0) is 12.3 Å². The predicted molar refractivity (Wildman–Crippen MR) is 83.3 cm³/mol. The van der Waals surface area contributed by atoms with Crippen molar-refractivity contribution in [1.82, 2.24) is 4.90 Å². The van der Waals surface area contributed by atoms with Crippen LogP contribution < -0.4 is 0 Å². The third-order valence-corrected chi connectivity index (χ3v) is 3.36. The van der Waals surface area contributed by atoms with Gasteiger partial charge in [-0.25, -0.2) is 0 Å². The molecule has 1 atom stereocenters. The van der Waals surface area contributed by atoms with Gasteiger partial charge >= 0.3 is 0 Å². The average Bonchev–Trinajstić information content (AvgIpc) is 2.48. The molecule has 0 bridgehead atoms. The van der Waals surface area contributed by atoms with Crippen LogP contribution in [-0.2, 0) is 9.47 Å². The minimum Gasteiger partial charge on any atom is -0.394 e. The number of allylic oxidation sites excluding steroid dienone is 3. The van der Waals surface area contributed by atoms with E-state index in [4.69, 9.17) is 19.7 Å². The first-order valence-corrected chi connectivity index (χ1v) is 7.72. The molecule has 21 heavy (non-hydrogen) atoms. The van der Waals surface area contributed by atoms with Gasteiger partial charge in [0.1, 0.15) is 0 Å². The minimum absolute atomic E-state index is 0.0626. The van der Waals surface area contributed by atoms with E-state index in [-0.39, 0.29) is 13.2 Å². The van der Waals surface area contributed by atoms with E-state index < -0.39 is 0 Å². The Bertz CT molecular complexity index is 305. The van der Waals surface area contributed by atoms with Gasteiger partial charge in [-0.1, -0.05) is 30.7 Å². The van der Waals surface area contributed by atoms with Crippen LogP contribution in [0.25, 0.3) is 0 Å². The fourth-order valence-electron chi connectivity index (χ4n) is 2.33. The van der Waals surface area contributed by atoms with Crippen molar-refractivity contribution in [3.05, 3.63) is 23.8 Å². The molecule has 5 heteroatoms. The van der Waals surface area contributed by atoms with Gasteiger partial charge in [0.15, 0.2) is 0 Å². The molecule has 2 N–H and O–H groups in total. The fraction of sp³-hybridized carbons (Fsp3) is 0.750. The van der Waals surface area contributed by atoms with Crippen LogP contribution in [0.5, 0.6) is 0 Å². The zero-order valence-electron chi connectivity index (χ0n) is 13.0. The molecule has 0 aromatic rings. The van der Waals surface area contributed by atoms with Crippen LogP contribution in [0.1, 0.15) is 13.3 Å². The van der Waals surface area contributed by atoms with E-state index in [0.29, 0.717) is 32.3 Å². The Balaban J connectivity index is 2.34. The van der Waals surface area contributed by atoms with Crippen molar-refractivity contribution in [1.29, 1.82) is 0 Å². The van der Waals surface area contributed by atoms with Crippen molar-refractivity contribution < 1.29 is 19.7 Å². The smallest absolute Gasteiger partial charge is 0.0698 e. The van der Waals surface area contributed by atoms with E-state index in [1.54, 1.807) is 0 Å². The van der Waals surface area contributed by atoms with E-state index in [1.165, 1.54) is 5.57 Å². The van der Waals surface area contributed by atoms with Gasteiger partial charge in [-0.15, -0.1) is 0 Å². The molecular weight excluding hydrogens is 270 g/mol. The second-order valence-corrected chi connectivity index (χ2v) is 5.34. The standard InChI is InChI=1S/C16H29NO4/c1-15-3-2-4-16(13-15)14-17(5-9-20-11-7-18)6-10-21-12-8-19/h2-4,15,18-19H,5-14H2,1H3. The number of aliphatic hydroxyl groups excluding tert-OH is 2. The van der Waals surface area contributed by atoms with Gasteiger partial charge in [0.2, 0.25) is 0 Å². The second-order valence-electron chi connectivity index (χ2n) is 5.34. The lowest BCUT2D eigenvalue weighted by Crippen LogP contribution is -2.33. The summed E-state index contributed by atoms with van der Waals surface area (Å²) in [5, 5.41) is 17.4. The molecule has 0 fully saturated rings. The molecule has 0 aromatic heterocycles. The number of hydrogen-bond acceptors (Lipinski definition) is 5. The van der Waals surface area contributed by atoms with Crippen LogP contribution in [0.15, 0.2) is 23.8 Å². The highest BCUT2D eigenvalue weighted by Gasteiger charge is 2.11. The molecule has 1 aliphatic carbocycles. The maximum atomic E-state index is 8.72. The number of nitrogens with zero attached hydrogens (tertiary/aromatic N) is 1. The largest absolute Gasteiger partial charge is 0.394 e. The maximum Gasteiger partial charge on any atom is 0.0698 e. The quantitative estimate of drug-likeness (QED) is 0.523. The van der Waals surface area contributed by atoms with Crippen molar-refractivity contribution in [3.63, 3.8) is 0 Å². The van der Waals surface area contributed by atoms with Gasteiger partial charge in [-0.3, -0.25) is 4.90 Å². The summed E-state index contributed by atoms with van der Waals surface area (Å²) in [6, 6.07) is 0. The summed E-state index contributed by atoms with van der Waals surface area (Å²) in [4.78, 5) is 2.30. The van der Waals surface area contributed by atoms with Gasteiger partial charge < -0.3 is 19.7 Å². The van der Waals surface area contributed by atoms with Crippen molar-refractivity contribution in [2.45, 2.75) is 13.3 Å². The molecule has 1 unspecified atom stereocenters. The third kappa shape index (κ3) is 9.01. The molecule has 0 aromatic carbocycles. The van der Waals surface area contributed by atoms with E-state index in [9.17, 15) is 0 Å². The Hall–Kier alpha value is -0.720. The van der Waals surface area contributed by atoms with Crippen LogP contribution in [0.2, 0.25) is 0 Å². The van der Waals surface area contributed by atoms with Crippen molar-refractivity contribution in [3.8, 4) is 0 Å². The van der Waals surface area contributed by atoms with Gasteiger partial charge in [-0.2, -0.15) is 0 Å². The van der Waals surface area contributed by atoms with Gasteiger partial charge in [0.05, 0.1) is 39.6 Å². The van der Waals surface area contributed by atoms with Crippen LogP contribution in [0, 0.1) is 5.92 Å². The first-order chi connectivity index (χ1) is 10.3. The van der Waals surface area contributed by atoms with Crippen LogP contribution >= 0.6 is 0 Å². The number of hydrogen-bond donors (Lipinski definition) is 2. The van der Waals surface area contributed by atoms with Gasteiger partial charge in [0.25, 0.3) is 0 Å². The van der Waals surface area contributed by atoms with E-state index in [1.807, 2.05) is 0 Å². The number of aliphatic hydroxyl groups is 2. The van der Waals surface area contributed by atoms with Crippen molar-refractivity contribution in [2.24, 2.45) is 5.92 Å². The third-order valence-electron chi connectivity index (χ3n) is 3.36. The highest BCUT2D eigenvalue weighted by molar-refractivity contribution is 5.20. The number of ether oxygens (including phenoxy) is 2. The first kappa shape index (κ1) is 18.3. The van der Waals surface area contributed by atoms with E-state index >= 15 is 0 Å². The summed E-state index contributed by atoms with van der Waals surface area (Å²) in [6.07, 6.45) is 7.65. The second kappa shape index (κ2) is 11.9. The summed E-state index contributed by atoms with van der Waals surface area (Å²) in [7, 11) is 0. The lowest BCUT2D eigenvalue weighted by Gasteiger charge is -2.25. The summed E-state index contributed by atoms with van der Waals surface area (Å²) in [6.45, 7) is 6.89. The molecule has 0 spiro atoms. The van der Waals surface area contributed by atoms with Crippen molar-refractivity contribution >= 4 is 0 Å². The minimum atomic E-state index is 0.0626. The molecule has 0 amide bonds. The first-order valence-electron chi connectivity index (χ1n) is 7.72. The molecule has 0 saturated heterocycles. The number of rotatable bonds is 12. The highest BCUT2D eigenvalue weighted by Crippen LogP contribution is 2.18. The van der Waals surface area contributed by atoms with Crippen LogP contribution in [0.3, 0.4) is 0 Å². The lowest BCUT2D eigenvalue weighted by molar-refractivity contribution is 0.0530. The predicted octanol–water partition coefficient (Wildman–Crippen LogP) is 0.829. The molecule has 0 saturated carbocycles. The zero-order chi connectivity index (χ0) is 15.3. The Morgan fingerprint density at radius 1 is 1.10 bits per heavy atom.